The Bertz CT molecular complexity index is 1020. The molecule has 2 aromatic carbocycles. The van der Waals surface area contributed by atoms with Crippen LogP contribution in [0, 0.1) is 0 Å². The Hall–Kier alpha value is -2.78. The van der Waals surface area contributed by atoms with Gasteiger partial charge in [-0.05, 0) is 37.3 Å². The number of methoxy groups -OCH3 is 3. The highest BCUT2D eigenvalue weighted by molar-refractivity contribution is 7.89. The van der Waals surface area contributed by atoms with E-state index in [2.05, 4.69) is 5.32 Å². The van der Waals surface area contributed by atoms with Crippen LogP contribution in [0.4, 0.5) is 0 Å². The number of ether oxygens (including phenoxy) is 3. The molecule has 0 saturated carbocycles. The molecule has 2 aromatic rings. The zero-order valence-electron chi connectivity index (χ0n) is 18.8. The van der Waals surface area contributed by atoms with Gasteiger partial charge in [-0.1, -0.05) is 13.8 Å². The van der Waals surface area contributed by atoms with E-state index in [4.69, 9.17) is 14.2 Å². The second-order valence-corrected chi connectivity index (χ2v) is 8.69. The summed E-state index contributed by atoms with van der Waals surface area (Å²) in [4.78, 5) is 13.1. The molecule has 0 fully saturated rings. The first-order valence-electron chi connectivity index (χ1n) is 9.94. The first kappa shape index (κ1) is 24.5. The Kier molecular flexibility index (Phi) is 8.29. The van der Waals surface area contributed by atoms with Crippen LogP contribution in [0.2, 0.25) is 0 Å². The van der Waals surface area contributed by atoms with E-state index in [9.17, 15) is 13.2 Å². The number of carbonyl (C=O) groups is 1. The summed E-state index contributed by atoms with van der Waals surface area (Å²) in [5.41, 5.74) is 0.887. The number of benzene rings is 2. The molecule has 0 aromatic heterocycles. The Morgan fingerprint density at radius 3 is 2.16 bits per heavy atom. The largest absolute Gasteiger partial charge is 0.497 e. The third-order valence-electron chi connectivity index (χ3n) is 5.01. The van der Waals surface area contributed by atoms with Crippen molar-refractivity contribution in [2.75, 3.05) is 34.4 Å². The summed E-state index contributed by atoms with van der Waals surface area (Å²) in [6, 6.07) is 9.18. The number of nitrogens with zero attached hydrogens (tertiary/aromatic N) is 1. The Labute approximate surface area is 184 Å². The lowest BCUT2D eigenvalue weighted by Crippen LogP contribution is -2.31. The highest BCUT2D eigenvalue weighted by Crippen LogP contribution is 2.30. The summed E-state index contributed by atoms with van der Waals surface area (Å²) >= 11 is 0. The fourth-order valence-electron chi connectivity index (χ4n) is 3.27. The molecule has 0 radical (unpaired) electrons. The number of hydrogen-bond donors (Lipinski definition) is 1. The van der Waals surface area contributed by atoms with Crippen LogP contribution < -0.4 is 19.5 Å². The van der Waals surface area contributed by atoms with Crippen molar-refractivity contribution in [1.29, 1.82) is 0 Å². The van der Waals surface area contributed by atoms with E-state index in [1.165, 1.54) is 36.7 Å². The van der Waals surface area contributed by atoms with Crippen LogP contribution in [0.5, 0.6) is 17.2 Å². The molecule has 1 amide bonds. The molecule has 31 heavy (non-hydrogen) atoms. The Morgan fingerprint density at radius 1 is 0.968 bits per heavy atom. The van der Waals surface area contributed by atoms with Crippen molar-refractivity contribution in [2.45, 2.75) is 31.7 Å². The molecule has 8 nitrogen and oxygen atoms in total. The van der Waals surface area contributed by atoms with E-state index in [1.54, 1.807) is 39.2 Å². The van der Waals surface area contributed by atoms with Gasteiger partial charge in [-0.25, -0.2) is 8.42 Å². The van der Waals surface area contributed by atoms with Crippen LogP contribution in [0.15, 0.2) is 41.3 Å². The topological polar surface area (TPSA) is 94.2 Å². The van der Waals surface area contributed by atoms with Gasteiger partial charge in [-0.3, -0.25) is 4.79 Å². The first-order valence-corrected chi connectivity index (χ1v) is 11.4. The molecule has 1 unspecified atom stereocenters. The van der Waals surface area contributed by atoms with Crippen molar-refractivity contribution in [1.82, 2.24) is 9.62 Å². The van der Waals surface area contributed by atoms with Crippen molar-refractivity contribution >= 4 is 15.9 Å². The summed E-state index contributed by atoms with van der Waals surface area (Å²) in [7, 11) is 0.814. The molecule has 170 valence electrons. The van der Waals surface area contributed by atoms with Crippen molar-refractivity contribution in [3.05, 3.63) is 47.5 Å². The third-order valence-corrected chi connectivity index (χ3v) is 7.06. The maximum absolute atomic E-state index is 13.1. The standard InChI is InChI=1S/C22H30N2O6S/c1-7-24(8-2)31(26,27)17-10-12-20(29-5)19(14-17)22(25)23-15(3)18-11-9-16(28-4)13-21(18)30-6/h9-15H,7-8H2,1-6H3,(H,23,25). The molecule has 9 heteroatoms. The summed E-state index contributed by atoms with van der Waals surface area (Å²) in [6.07, 6.45) is 0. The van der Waals surface area contributed by atoms with E-state index < -0.39 is 22.0 Å². The smallest absolute Gasteiger partial charge is 0.255 e. The van der Waals surface area contributed by atoms with Crippen molar-refractivity contribution in [3.63, 3.8) is 0 Å². The number of carbonyl (C=O) groups excluding carboxylic acids is 1. The zero-order chi connectivity index (χ0) is 23.2. The third kappa shape index (κ3) is 5.29. The molecule has 0 heterocycles. The van der Waals surface area contributed by atoms with E-state index in [0.717, 1.165) is 5.56 Å². The van der Waals surface area contributed by atoms with Gasteiger partial charge in [0, 0.05) is 24.7 Å². The predicted octanol–water partition coefficient (Wildman–Crippen LogP) is 3.23. The maximum Gasteiger partial charge on any atom is 0.255 e. The van der Waals surface area contributed by atoms with Crippen LogP contribution in [0.3, 0.4) is 0 Å². The lowest BCUT2D eigenvalue weighted by atomic mass is 10.1. The second-order valence-electron chi connectivity index (χ2n) is 6.75. The second kappa shape index (κ2) is 10.5. The number of hydrogen-bond acceptors (Lipinski definition) is 6. The van der Waals surface area contributed by atoms with Gasteiger partial charge in [0.1, 0.15) is 17.2 Å². The molecule has 0 aliphatic heterocycles. The molecule has 2 rings (SSSR count). The van der Waals surface area contributed by atoms with E-state index in [-0.39, 0.29) is 16.2 Å². The summed E-state index contributed by atoms with van der Waals surface area (Å²) in [6.45, 7) is 6.01. The monoisotopic (exact) mass is 450 g/mol. The molecule has 0 saturated heterocycles. The van der Waals surface area contributed by atoms with Crippen LogP contribution in [-0.4, -0.2) is 53.0 Å². The average molecular weight is 451 g/mol. The first-order chi connectivity index (χ1) is 14.7. The number of nitrogens with one attached hydrogen (secondary N) is 1. The van der Waals surface area contributed by atoms with E-state index in [0.29, 0.717) is 24.6 Å². The van der Waals surface area contributed by atoms with Crippen molar-refractivity contribution in [3.8, 4) is 17.2 Å². The molecule has 1 atom stereocenters. The van der Waals surface area contributed by atoms with Gasteiger partial charge in [0.15, 0.2) is 0 Å². The highest BCUT2D eigenvalue weighted by atomic mass is 32.2. The SMILES string of the molecule is CCN(CC)S(=O)(=O)c1ccc(OC)c(C(=O)NC(C)c2ccc(OC)cc2OC)c1. The lowest BCUT2D eigenvalue weighted by Gasteiger charge is -2.21. The summed E-state index contributed by atoms with van der Waals surface area (Å²) < 4.78 is 43.0. The molecule has 0 spiro atoms. The molecule has 0 aliphatic rings. The Morgan fingerprint density at radius 2 is 1.61 bits per heavy atom. The Balaban J connectivity index is 2.39. The average Bonchev–Trinajstić information content (AvgIpc) is 2.78. The maximum atomic E-state index is 13.1. The van der Waals surface area contributed by atoms with Crippen molar-refractivity contribution < 1.29 is 27.4 Å². The molecule has 0 aliphatic carbocycles. The van der Waals surface area contributed by atoms with Crippen LogP contribution in [0.1, 0.15) is 42.7 Å². The minimum absolute atomic E-state index is 0.0387. The van der Waals surface area contributed by atoms with Gasteiger partial charge < -0.3 is 19.5 Å². The fraction of sp³-hybridized carbons (Fsp3) is 0.409. The van der Waals surface area contributed by atoms with Crippen molar-refractivity contribution in [2.24, 2.45) is 0 Å². The van der Waals surface area contributed by atoms with Gasteiger partial charge in [-0.2, -0.15) is 4.31 Å². The fourth-order valence-corrected chi connectivity index (χ4v) is 4.75. The normalized spacial score (nSPS) is 12.4. The molecule has 1 N–H and O–H groups in total. The minimum atomic E-state index is -3.72. The summed E-state index contributed by atoms with van der Waals surface area (Å²) in [5.74, 6) is 1.02. The molecule has 0 bridgehead atoms. The van der Waals surface area contributed by atoms with Gasteiger partial charge in [0.05, 0.1) is 37.8 Å². The van der Waals surface area contributed by atoms with Gasteiger partial charge >= 0.3 is 0 Å². The number of sulfonamides is 1. The van der Waals surface area contributed by atoms with Gasteiger partial charge in [-0.15, -0.1) is 0 Å². The van der Waals surface area contributed by atoms with Crippen LogP contribution in [-0.2, 0) is 10.0 Å². The van der Waals surface area contributed by atoms with Crippen LogP contribution >= 0.6 is 0 Å². The minimum Gasteiger partial charge on any atom is -0.497 e. The van der Waals surface area contributed by atoms with E-state index in [1.807, 2.05) is 6.92 Å². The van der Waals surface area contributed by atoms with E-state index >= 15 is 0 Å². The number of rotatable bonds is 10. The lowest BCUT2D eigenvalue weighted by molar-refractivity contribution is 0.0936. The summed E-state index contributed by atoms with van der Waals surface area (Å²) in [5, 5.41) is 2.89. The van der Waals surface area contributed by atoms with Gasteiger partial charge in [0.25, 0.3) is 5.91 Å². The van der Waals surface area contributed by atoms with Gasteiger partial charge in [0.2, 0.25) is 10.0 Å². The highest BCUT2D eigenvalue weighted by Gasteiger charge is 2.25. The molecular formula is C22H30N2O6S. The van der Waals surface area contributed by atoms with Crippen LogP contribution in [0.25, 0.3) is 0 Å². The zero-order valence-corrected chi connectivity index (χ0v) is 19.6. The quantitative estimate of drug-likeness (QED) is 0.597. The predicted molar refractivity (Wildman–Crippen MR) is 119 cm³/mol. The number of amides is 1. The molecular weight excluding hydrogens is 420 g/mol.